The maximum absolute atomic E-state index is 12.1. The van der Waals surface area contributed by atoms with Gasteiger partial charge in [-0.1, -0.05) is 30.3 Å². The molecule has 3 nitrogen and oxygen atoms in total. The summed E-state index contributed by atoms with van der Waals surface area (Å²) in [6, 6.07) is 8.15. The van der Waals surface area contributed by atoms with E-state index in [9.17, 15) is 4.79 Å². The number of hydrogen-bond donors (Lipinski definition) is 0. The quantitative estimate of drug-likeness (QED) is 0.760. The average molecular weight is 324 g/mol. The molecule has 1 aromatic carbocycles. The van der Waals surface area contributed by atoms with E-state index >= 15 is 0 Å². The third kappa shape index (κ3) is 3.28. The van der Waals surface area contributed by atoms with Crippen LogP contribution in [0.2, 0.25) is 0 Å². The van der Waals surface area contributed by atoms with Crippen molar-refractivity contribution in [2.45, 2.75) is 39.4 Å². The van der Waals surface area contributed by atoms with Gasteiger partial charge in [0.15, 0.2) is 12.1 Å². The molecule has 24 heavy (non-hydrogen) atoms. The standard InChI is InChI=1S/C15H12O.C6H12O2/c1-9-7-13-12-6-4-3-5-11(12)8-14(13)15(16)10(9)2;1-7-6-4-2-3-5-8-6/h3-8H,1-2H3;6H,2-5H2,1H3. The van der Waals surface area contributed by atoms with Crippen molar-refractivity contribution >= 4 is 17.4 Å². The molecule has 1 heterocycles. The number of carbonyl (C=O) groups excluding carboxylic acids is 1. The van der Waals surface area contributed by atoms with Crippen molar-refractivity contribution in [3.05, 3.63) is 58.2 Å². The second kappa shape index (κ2) is 7.29. The molecular weight excluding hydrogens is 300 g/mol. The van der Waals surface area contributed by atoms with E-state index in [1.165, 1.54) is 18.4 Å². The van der Waals surface area contributed by atoms with Crippen molar-refractivity contribution in [3.8, 4) is 0 Å². The molecule has 0 amide bonds. The average Bonchev–Trinajstić information content (AvgIpc) is 3.00. The van der Waals surface area contributed by atoms with E-state index in [4.69, 9.17) is 9.47 Å². The third-order valence-corrected chi connectivity index (χ3v) is 4.78. The Bertz CT molecular complexity index is 731. The maximum atomic E-state index is 12.1. The number of methoxy groups -OCH3 is 1. The molecule has 0 saturated carbocycles. The zero-order valence-corrected chi connectivity index (χ0v) is 14.6. The molecule has 1 saturated heterocycles. The zero-order valence-electron chi connectivity index (χ0n) is 14.6. The van der Waals surface area contributed by atoms with E-state index in [-0.39, 0.29) is 12.1 Å². The summed E-state index contributed by atoms with van der Waals surface area (Å²) in [5, 5.41) is 0. The SMILES string of the molecule is CC1=C(C)C(=O)C2=Cc3ccccc3C2=C1.COC1CCCCO1. The highest BCUT2D eigenvalue weighted by molar-refractivity contribution is 6.26. The number of benzene rings is 1. The summed E-state index contributed by atoms with van der Waals surface area (Å²) in [5.74, 6) is 0.172. The Balaban J connectivity index is 0.000000179. The van der Waals surface area contributed by atoms with E-state index in [1.807, 2.05) is 32.1 Å². The molecule has 1 atom stereocenters. The highest BCUT2D eigenvalue weighted by Crippen LogP contribution is 2.40. The van der Waals surface area contributed by atoms with Gasteiger partial charge in [-0.25, -0.2) is 0 Å². The van der Waals surface area contributed by atoms with Gasteiger partial charge in [-0.15, -0.1) is 0 Å². The fourth-order valence-corrected chi connectivity index (χ4v) is 3.19. The molecule has 0 bridgehead atoms. The highest BCUT2D eigenvalue weighted by Gasteiger charge is 2.28. The lowest BCUT2D eigenvalue weighted by Gasteiger charge is -2.20. The predicted molar refractivity (Wildman–Crippen MR) is 96.4 cm³/mol. The van der Waals surface area contributed by atoms with E-state index in [1.54, 1.807) is 7.11 Å². The van der Waals surface area contributed by atoms with Crippen LogP contribution in [0.5, 0.6) is 0 Å². The van der Waals surface area contributed by atoms with Crippen molar-refractivity contribution in [1.29, 1.82) is 0 Å². The van der Waals surface area contributed by atoms with Crippen LogP contribution in [0.1, 0.15) is 44.2 Å². The van der Waals surface area contributed by atoms with Gasteiger partial charge in [0, 0.05) is 19.3 Å². The summed E-state index contributed by atoms with van der Waals surface area (Å²) in [6.45, 7) is 4.77. The minimum Gasteiger partial charge on any atom is -0.356 e. The Morgan fingerprint density at radius 2 is 1.88 bits per heavy atom. The second-order valence-corrected chi connectivity index (χ2v) is 6.37. The summed E-state index contributed by atoms with van der Waals surface area (Å²) < 4.78 is 10.2. The first-order valence-corrected chi connectivity index (χ1v) is 8.51. The van der Waals surface area contributed by atoms with E-state index in [2.05, 4.69) is 18.2 Å². The number of fused-ring (bicyclic) bond motifs is 3. The van der Waals surface area contributed by atoms with Crippen LogP contribution in [-0.2, 0) is 14.3 Å². The molecule has 3 aliphatic rings. The number of allylic oxidation sites excluding steroid dienone is 5. The van der Waals surface area contributed by atoms with Crippen LogP contribution in [0.4, 0.5) is 0 Å². The molecule has 1 fully saturated rings. The van der Waals surface area contributed by atoms with Crippen molar-refractivity contribution in [3.63, 3.8) is 0 Å². The molecule has 2 aliphatic carbocycles. The molecule has 0 radical (unpaired) electrons. The van der Waals surface area contributed by atoms with Gasteiger partial charge in [0.2, 0.25) is 0 Å². The summed E-state index contributed by atoms with van der Waals surface area (Å²) in [6.07, 6.45) is 7.71. The molecule has 0 aromatic heterocycles. The van der Waals surface area contributed by atoms with Gasteiger partial charge >= 0.3 is 0 Å². The van der Waals surface area contributed by atoms with Crippen LogP contribution in [0.3, 0.4) is 0 Å². The van der Waals surface area contributed by atoms with Crippen LogP contribution in [0.15, 0.2) is 47.1 Å². The molecule has 1 aliphatic heterocycles. The minimum atomic E-state index is 0.0868. The Kier molecular flexibility index (Phi) is 5.12. The lowest BCUT2D eigenvalue weighted by Crippen LogP contribution is -2.20. The smallest absolute Gasteiger partial charge is 0.189 e. The first-order chi connectivity index (χ1) is 11.6. The lowest BCUT2D eigenvalue weighted by molar-refractivity contribution is -0.145. The largest absolute Gasteiger partial charge is 0.356 e. The predicted octanol–water partition coefficient (Wildman–Crippen LogP) is 4.55. The first-order valence-electron chi connectivity index (χ1n) is 8.51. The van der Waals surface area contributed by atoms with Crippen LogP contribution in [-0.4, -0.2) is 25.8 Å². The van der Waals surface area contributed by atoms with Gasteiger partial charge in [-0.2, -0.15) is 0 Å². The Labute approximate surface area is 143 Å². The number of rotatable bonds is 1. The topological polar surface area (TPSA) is 35.5 Å². The van der Waals surface area contributed by atoms with Crippen LogP contribution >= 0.6 is 0 Å². The van der Waals surface area contributed by atoms with Crippen LogP contribution < -0.4 is 0 Å². The Morgan fingerprint density at radius 3 is 2.54 bits per heavy atom. The number of carbonyl (C=O) groups is 1. The Morgan fingerprint density at radius 1 is 1.08 bits per heavy atom. The second-order valence-electron chi connectivity index (χ2n) is 6.37. The summed E-state index contributed by atoms with van der Waals surface area (Å²) >= 11 is 0. The molecule has 1 unspecified atom stereocenters. The molecule has 4 rings (SSSR count). The van der Waals surface area contributed by atoms with Crippen LogP contribution in [0, 0.1) is 0 Å². The van der Waals surface area contributed by atoms with Gasteiger partial charge in [-0.3, -0.25) is 4.79 Å². The molecule has 0 N–H and O–H groups in total. The lowest BCUT2D eigenvalue weighted by atomic mass is 9.88. The molecule has 126 valence electrons. The molecule has 3 heteroatoms. The maximum Gasteiger partial charge on any atom is 0.189 e. The van der Waals surface area contributed by atoms with Crippen molar-refractivity contribution in [2.24, 2.45) is 0 Å². The third-order valence-electron chi connectivity index (χ3n) is 4.78. The van der Waals surface area contributed by atoms with E-state index in [0.717, 1.165) is 40.9 Å². The summed E-state index contributed by atoms with van der Waals surface area (Å²) in [7, 11) is 1.69. The highest BCUT2D eigenvalue weighted by atomic mass is 16.7. The molecule has 1 aromatic rings. The summed E-state index contributed by atoms with van der Waals surface area (Å²) in [4.78, 5) is 12.1. The fraction of sp³-hybridized carbons (Fsp3) is 0.381. The number of ketones is 1. The van der Waals surface area contributed by atoms with E-state index < -0.39 is 0 Å². The molecular formula is C21H24O3. The van der Waals surface area contributed by atoms with E-state index in [0.29, 0.717) is 0 Å². The summed E-state index contributed by atoms with van der Waals surface area (Å²) in [5.41, 5.74) is 6.21. The van der Waals surface area contributed by atoms with Gasteiger partial charge in [0.1, 0.15) is 0 Å². The first kappa shape index (κ1) is 16.9. The normalized spacial score (nSPS) is 22.1. The monoisotopic (exact) mass is 324 g/mol. The number of ether oxygens (including phenoxy) is 2. The van der Waals surface area contributed by atoms with Crippen molar-refractivity contribution < 1.29 is 14.3 Å². The van der Waals surface area contributed by atoms with Gasteiger partial charge < -0.3 is 9.47 Å². The zero-order chi connectivity index (χ0) is 17.1. The fourth-order valence-electron chi connectivity index (χ4n) is 3.19. The number of Topliss-reactive ketones (excluding diaryl/α,β-unsaturated/α-hetero) is 1. The van der Waals surface area contributed by atoms with Crippen LogP contribution in [0.25, 0.3) is 11.6 Å². The van der Waals surface area contributed by atoms with Crippen molar-refractivity contribution in [2.75, 3.05) is 13.7 Å². The molecule has 0 spiro atoms. The van der Waals surface area contributed by atoms with Gasteiger partial charge in [0.25, 0.3) is 0 Å². The van der Waals surface area contributed by atoms with Crippen molar-refractivity contribution in [1.82, 2.24) is 0 Å². The minimum absolute atomic E-state index is 0.0868. The Hall–Kier alpha value is -1.97. The van der Waals surface area contributed by atoms with Gasteiger partial charge in [0.05, 0.1) is 0 Å². The van der Waals surface area contributed by atoms with Gasteiger partial charge in [-0.05, 0) is 67.0 Å². The number of hydrogen-bond acceptors (Lipinski definition) is 3.